The lowest BCUT2D eigenvalue weighted by molar-refractivity contribution is 0.773. The first-order valence-corrected chi connectivity index (χ1v) is 17.3. The van der Waals surface area contributed by atoms with Crippen LogP contribution >= 0.6 is 11.3 Å². The van der Waals surface area contributed by atoms with Crippen molar-refractivity contribution >= 4 is 70.3 Å². The van der Waals surface area contributed by atoms with Crippen LogP contribution in [0, 0.1) is 11.3 Å². The minimum absolute atomic E-state index is 0.429. The van der Waals surface area contributed by atoms with Crippen LogP contribution in [0.4, 0.5) is 0 Å². The van der Waals surface area contributed by atoms with E-state index in [1.807, 2.05) is 35.6 Å². The van der Waals surface area contributed by atoms with Crippen molar-refractivity contribution < 1.29 is 0 Å². The molecule has 0 saturated carbocycles. The van der Waals surface area contributed by atoms with E-state index in [1.54, 1.807) is 0 Å². The number of nitriles is 1. The Bertz CT molecular complexity index is 2830. The van der Waals surface area contributed by atoms with Crippen LogP contribution in [0.3, 0.4) is 0 Å². The summed E-state index contributed by atoms with van der Waals surface area (Å²) in [5.74, 6) is 0.429. The van der Waals surface area contributed by atoms with Crippen LogP contribution in [0.2, 0.25) is 0 Å². The van der Waals surface area contributed by atoms with Crippen LogP contribution < -0.4 is 0 Å². The Balaban J connectivity index is 1.18. The summed E-state index contributed by atoms with van der Waals surface area (Å²) < 4.78 is 7.47. The molecule has 0 aliphatic heterocycles. The quantitative estimate of drug-likeness (QED) is 0.191. The summed E-state index contributed by atoms with van der Waals surface area (Å²) in [4.78, 5) is 0. The van der Waals surface area contributed by atoms with Gasteiger partial charge in [-0.1, -0.05) is 73.7 Å². The summed E-state index contributed by atoms with van der Waals surface area (Å²) in [6.45, 7) is 2.36. The summed E-state index contributed by atoms with van der Waals surface area (Å²) in [5, 5.41) is 15.8. The highest BCUT2D eigenvalue weighted by Gasteiger charge is 2.25. The normalized spacial score (nSPS) is 14.4. The molecule has 3 aromatic heterocycles. The zero-order chi connectivity index (χ0) is 31.9. The van der Waals surface area contributed by atoms with Gasteiger partial charge in [0.05, 0.1) is 44.3 Å². The summed E-state index contributed by atoms with van der Waals surface area (Å²) >= 11 is 1.89. The van der Waals surface area contributed by atoms with Crippen molar-refractivity contribution in [1.29, 1.82) is 5.26 Å². The van der Waals surface area contributed by atoms with Crippen LogP contribution in [0.15, 0.2) is 133 Å². The zero-order valence-electron chi connectivity index (χ0n) is 26.3. The Kier molecular flexibility index (Phi) is 5.85. The first kappa shape index (κ1) is 27.2. The highest BCUT2D eigenvalue weighted by Crippen LogP contribution is 2.45. The van der Waals surface area contributed by atoms with E-state index < -0.39 is 0 Å². The molecule has 0 N–H and O–H groups in total. The number of hydrogen-bond acceptors (Lipinski definition) is 2. The van der Waals surface area contributed by atoms with Gasteiger partial charge in [0, 0.05) is 37.3 Å². The van der Waals surface area contributed by atoms with E-state index in [2.05, 4.69) is 137 Å². The molecule has 3 nitrogen and oxygen atoms in total. The molecule has 9 aromatic rings. The van der Waals surface area contributed by atoms with Gasteiger partial charge in [-0.3, -0.25) is 0 Å². The number of aromatic nitrogens is 2. The molecular formula is C44H29N3S. The molecule has 3 heterocycles. The molecular weight excluding hydrogens is 603 g/mol. The van der Waals surface area contributed by atoms with Gasteiger partial charge in [0.1, 0.15) is 0 Å². The second-order valence-electron chi connectivity index (χ2n) is 12.9. The average molecular weight is 632 g/mol. The van der Waals surface area contributed by atoms with Gasteiger partial charge in [-0.05, 0) is 102 Å². The van der Waals surface area contributed by atoms with Crippen molar-refractivity contribution in [3.8, 4) is 28.6 Å². The third-order valence-corrected chi connectivity index (χ3v) is 11.4. The summed E-state index contributed by atoms with van der Waals surface area (Å²) in [6.07, 6.45) is 5.72. The lowest BCUT2D eigenvalue weighted by atomic mass is 9.90. The Morgan fingerprint density at radius 1 is 0.646 bits per heavy atom. The third-order valence-electron chi connectivity index (χ3n) is 10.2. The smallest absolute Gasteiger partial charge is 0.0991 e. The van der Waals surface area contributed by atoms with Crippen LogP contribution in [0.1, 0.15) is 36.1 Å². The first-order valence-electron chi connectivity index (χ1n) is 16.5. The SMILES string of the molecule is CC1CC=Cc2c1c1cc(-c3ccc4c(c3)c3ccccc3n4-c3ccc(C#N)cc3)ccc1n2-c1cccc2c1sc1ccccc12. The van der Waals surface area contributed by atoms with Crippen molar-refractivity contribution in [3.05, 3.63) is 150 Å². The van der Waals surface area contributed by atoms with Crippen LogP contribution in [0.25, 0.3) is 81.5 Å². The molecule has 4 heteroatoms. The van der Waals surface area contributed by atoms with E-state index in [9.17, 15) is 5.26 Å². The van der Waals surface area contributed by atoms with Gasteiger partial charge in [-0.15, -0.1) is 11.3 Å². The van der Waals surface area contributed by atoms with E-state index in [-0.39, 0.29) is 0 Å². The van der Waals surface area contributed by atoms with E-state index in [0.717, 1.165) is 23.1 Å². The average Bonchev–Trinajstić information content (AvgIpc) is 3.79. The molecule has 1 aliphatic carbocycles. The van der Waals surface area contributed by atoms with Crippen LogP contribution in [-0.2, 0) is 0 Å². The Labute approximate surface area is 281 Å². The molecule has 1 unspecified atom stereocenters. The van der Waals surface area contributed by atoms with Gasteiger partial charge in [-0.2, -0.15) is 5.26 Å². The molecule has 226 valence electrons. The molecule has 0 spiro atoms. The maximum Gasteiger partial charge on any atom is 0.0991 e. The molecule has 1 atom stereocenters. The van der Waals surface area contributed by atoms with Crippen LogP contribution in [-0.4, -0.2) is 9.13 Å². The summed E-state index contributed by atoms with van der Waals surface area (Å²) in [5.41, 5.74) is 11.7. The number of thiophene rings is 1. The zero-order valence-corrected chi connectivity index (χ0v) is 27.1. The van der Waals surface area contributed by atoms with E-state index >= 15 is 0 Å². The minimum Gasteiger partial charge on any atom is -0.309 e. The van der Waals surface area contributed by atoms with Gasteiger partial charge in [-0.25, -0.2) is 0 Å². The standard InChI is InChI=1S/C44H29N3S/c1-27-8-6-13-40-43(27)36-25-30(19-23-39(36)47(40)41-14-7-11-34-33-10-3-5-15-42(33)48-44(34)41)29-18-22-38-35(24-29)32-9-2-4-12-37(32)46(38)31-20-16-28(26-45)17-21-31/h2-7,9-25,27H,8H2,1H3. The van der Waals surface area contributed by atoms with Crippen LogP contribution in [0.5, 0.6) is 0 Å². The number of hydrogen-bond donors (Lipinski definition) is 0. The fourth-order valence-corrected chi connectivity index (χ4v) is 9.19. The summed E-state index contributed by atoms with van der Waals surface area (Å²) in [7, 11) is 0. The van der Waals surface area contributed by atoms with E-state index in [1.165, 1.54) is 69.9 Å². The largest absolute Gasteiger partial charge is 0.309 e. The lowest BCUT2D eigenvalue weighted by Crippen LogP contribution is -2.03. The van der Waals surface area contributed by atoms with Crippen molar-refractivity contribution in [2.45, 2.75) is 19.3 Å². The number of allylic oxidation sites excluding steroid dienone is 1. The number of fused-ring (bicyclic) bond motifs is 9. The van der Waals surface area contributed by atoms with E-state index in [4.69, 9.17) is 0 Å². The fourth-order valence-electron chi connectivity index (χ4n) is 7.98. The molecule has 0 radical (unpaired) electrons. The van der Waals surface area contributed by atoms with Gasteiger partial charge in [0.25, 0.3) is 0 Å². The van der Waals surface area contributed by atoms with Crippen molar-refractivity contribution in [1.82, 2.24) is 9.13 Å². The molecule has 48 heavy (non-hydrogen) atoms. The van der Waals surface area contributed by atoms with Crippen molar-refractivity contribution in [2.24, 2.45) is 0 Å². The molecule has 10 rings (SSSR count). The predicted molar refractivity (Wildman–Crippen MR) is 203 cm³/mol. The highest BCUT2D eigenvalue weighted by atomic mass is 32.1. The summed E-state index contributed by atoms with van der Waals surface area (Å²) in [6, 6.07) is 48.1. The topological polar surface area (TPSA) is 33.6 Å². The molecule has 0 saturated heterocycles. The number of benzene rings is 6. The maximum atomic E-state index is 9.36. The molecule has 0 bridgehead atoms. The van der Waals surface area contributed by atoms with Gasteiger partial charge in [0.2, 0.25) is 0 Å². The predicted octanol–water partition coefficient (Wildman–Crippen LogP) is 12.2. The molecule has 0 amide bonds. The number of para-hydroxylation sites is 1. The fraction of sp³-hybridized carbons (Fsp3) is 0.0682. The monoisotopic (exact) mass is 631 g/mol. The first-order chi connectivity index (χ1) is 23.7. The number of rotatable bonds is 3. The van der Waals surface area contributed by atoms with E-state index in [0.29, 0.717) is 11.5 Å². The van der Waals surface area contributed by atoms with Crippen molar-refractivity contribution in [2.75, 3.05) is 0 Å². The number of nitrogens with zero attached hydrogens (tertiary/aromatic N) is 3. The molecule has 0 fully saturated rings. The van der Waals surface area contributed by atoms with Gasteiger partial charge >= 0.3 is 0 Å². The molecule has 6 aromatic carbocycles. The maximum absolute atomic E-state index is 9.36. The Hall–Kier alpha value is -5.89. The second-order valence-corrected chi connectivity index (χ2v) is 14.0. The minimum atomic E-state index is 0.429. The van der Waals surface area contributed by atoms with Gasteiger partial charge < -0.3 is 9.13 Å². The third kappa shape index (κ3) is 3.86. The second kappa shape index (κ2) is 10.3. The van der Waals surface area contributed by atoms with Crippen molar-refractivity contribution in [3.63, 3.8) is 0 Å². The molecule has 1 aliphatic rings. The Morgan fingerprint density at radius 2 is 1.33 bits per heavy atom. The Morgan fingerprint density at radius 3 is 2.15 bits per heavy atom. The highest BCUT2D eigenvalue weighted by molar-refractivity contribution is 7.26. The lowest BCUT2D eigenvalue weighted by Gasteiger charge is -2.17. The van der Waals surface area contributed by atoms with Gasteiger partial charge in [0.15, 0.2) is 0 Å².